The molecule has 0 fully saturated rings. The Morgan fingerprint density at radius 3 is 2.11 bits per heavy atom. The zero-order chi connectivity index (χ0) is 6.69. The zero-order valence-electron chi connectivity index (χ0n) is 4.47. The first kappa shape index (κ1) is 7.26. The van der Waals surface area contributed by atoms with Crippen LogP contribution in [-0.2, 0) is 0 Å². The summed E-state index contributed by atoms with van der Waals surface area (Å²) >= 11 is 5.62. The van der Waals surface area contributed by atoms with Crippen molar-refractivity contribution in [1.82, 2.24) is 0 Å². The van der Waals surface area contributed by atoms with Crippen molar-refractivity contribution in [1.29, 1.82) is 0 Å². The van der Waals surface area contributed by atoms with E-state index in [9.17, 15) is 0 Å². The van der Waals surface area contributed by atoms with E-state index in [4.69, 9.17) is 22.3 Å². The molecule has 1 aromatic rings. The molecule has 1 rings (SSSR count). The summed E-state index contributed by atoms with van der Waals surface area (Å²) in [5.41, 5.74) is 0. The average molecular weight is 179 g/mol. The first-order chi connectivity index (χ1) is 4.33. The number of benzene rings is 1. The topological polar surface area (TPSA) is 0 Å². The van der Waals surface area contributed by atoms with Crippen molar-refractivity contribution in [2.24, 2.45) is 0 Å². The van der Waals surface area contributed by atoms with Crippen LogP contribution in [0.2, 0.25) is 5.02 Å². The van der Waals surface area contributed by atoms with Crippen LogP contribution in [0.15, 0.2) is 29.2 Å². The second-order valence-corrected chi connectivity index (χ2v) is 3.06. The maximum Gasteiger partial charge on any atom is 0.0406 e. The maximum absolute atomic E-state index is 5.62. The van der Waals surface area contributed by atoms with Gasteiger partial charge in [-0.3, -0.25) is 0 Å². The Hall–Kier alpha value is 0.150. The predicted octanol–water partition coefficient (Wildman–Crippen LogP) is 3.59. The van der Waals surface area contributed by atoms with Gasteiger partial charge in [-0.05, 0) is 45.9 Å². The van der Waals surface area contributed by atoms with Crippen molar-refractivity contribution in [2.75, 3.05) is 0 Å². The molecule has 0 amide bonds. The summed E-state index contributed by atoms with van der Waals surface area (Å²) in [6.45, 7) is 0. The molecule has 48 valence electrons. The second-order valence-electron chi connectivity index (χ2n) is 1.53. The highest BCUT2D eigenvalue weighted by Crippen LogP contribution is 2.22. The summed E-state index contributed by atoms with van der Waals surface area (Å²) in [5.74, 6) is 0. The summed E-state index contributed by atoms with van der Waals surface area (Å²) in [6, 6.07) is 7.37. The quantitative estimate of drug-likeness (QED) is 0.634. The fraction of sp³-hybridized carbons (Fsp3) is 0. The SMILES string of the molecule is ClSc1ccc(Cl)cc1. The minimum atomic E-state index is 0.740. The highest BCUT2D eigenvalue weighted by molar-refractivity contribution is 8.21. The molecule has 0 bridgehead atoms. The summed E-state index contributed by atoms with van der Waals surface area (Å²) in [4.78, 5) is 1.01. The van der Waals surface area contributed by atoms with Gasteiger partial charge in [0.25, 0.3) is 0 Å². The lowest BCUT2D eigenvalue weighted by Gasteiger charge is -1.90. The van der Waals surface area contributed by atoms with Gasteiger partial charge in [-0.25, -0.2) is 0 Å². The third-order valence-electron chi connectivity index (χ3n) is 0.903. The molecule has 9 heavy (non-hydrogen) atoms. The third-order valence-corrected chi connectivity index (χ3v) is 2.14. The third kappa shape index (κ3) is 2.09. The molecule has 0 saturated carbocycles. The van der Waals surface area contributed by atoms with Gasteiger partial charge in [0.15, 0.2) is 0 Å². The highest BCUT2D eigenvalue weighted by atomic mass is 35.7. The lowest BCUT2D eigenvalue weighted by molar-refractivity contribution is 1.48. The van der Waals surface area contributed by atoms with Gasteiger partial charge in [-0.2, -0.15) is 0 Å². The van der Waals surface area contributed by atoms with Crippen LogP contribution >= 0.6 is 33.3 Å². The van der Waals surface area contributed by atoms with Crippen LogP contribution in [0.4, 0.5) is 0 Å². The number of hydrogen-bond acceptors (Lipinski definition) is 1. The molecule has 1 aromatic carbocycles. The molecular weight excluding hydrogens is 175 g/mol. The van der Waals surface area contributed by atoms with Crippen LogP contribution in [-0.4, -0.2) is 0 Å². The van der Waals surface area contributed by atoms with Crippen molar-refractivity contribution >= 4 is 33.3 Å². The molecule has 0 N–H and O–H groups in total. The zero-order valence-corrected chi connectivity index (χ0v) is 6.80. The van der Waals surface area contributed by atoms with Crippen molar-refractivity contribution in [2.45, 2.75) is 4.90 Å². The van der Waals surface area contributed by atoms with Crippen molar-refractivity contribution < 1.29 is 0 Å². The van der Waals surface area contributed by atoms with Crippen LogP contribution in [0.1, 0.15) is 0 Å². The van der Waals surface area contributed by atoms with E-state index in [2.05, 4.69) is 0 Å². The Morgan fingerprint density at radius 1 is 1.11 bits per heavy atom. The van der Waals surface area contributed by atoms with Crippen molar-refractivity contribution in [3.8, 4) is 0 Å². The summed E-state index contributed by atoms with van der Waals surface area (Å²) < 4.78 is 0. The van der Waals surface area contributed by atoms with Crippen LogP contribution in [0.25, 0.3) is 0 Å². The Labute approximate surface area is 67.7 Å². The van der Waals surface area contributed by atoms with Gasteiger partial charge < -0.3 is 0 Å². The molecule has 0 unspecified atom stereocenters. The molecule has 0 aliphatic rings. The van der Waals surface area contributed by atoms with Crippen LogP contribution < -0.4 is 0 Å². The molecule has 3 heteroatoms. The van der Waals surface area contributed by atoms with Crippen LogP contribution in [0, 0.1) is 0 Å². The van der Waals surface area contributed by atoms with Gasteiger partial charge in [0, 0.05) is 9.92 Å². The Bertz CT molecular complexity index is 183. The molecule has 0 nitrogen and oxygen atoms in total. The number of rotatable bonds is 1. The Morgan fingerprint density at radius 2 is 1.67 bits per heavy atom. The van der Waals surface area contributed by atoms with Gasteiger partial charge in [0.05, 0.1) is 0 Å². The van der Waals surface area contributed by atoms with Gasteiger partial charge in [0.2, 0.25) is 0 Å². The lowest BCUT2D eigenvalue weighted by atomic mass is 10.4. The smallest absolute Gasteiger partial charge is 0.0406 e. The lowest BCUT2D eigenvalue weighted by Crippen LogP contribution is -1.64. The standard InChI is InChI=1S/C6H4Cl2S/c7-5-1-3-6(9-8)4-2-5/h1-4H. The van der Waals surface area contributed by atoms with Crippen LogP contribution in [0.5, 0.6) is 0 Å². The predicted molar refractivity (Wildman–Crippen MR) is 43.2 cm³/mol. The fourth-order valence-electron chi connectivity index (χ4n) is 0.486. The average Bonchev–Trinajstić information content (AvgIpc) is 1.90. The first-order valence-corrected chi connectivity index (χ1v) is 4.39. The highest BCUT2D eigenvalue weighted by Gasteiger charge is 1.88. The molecule has 0 heterocycles. The van der Waals surface area contributed by atoms with E-state index in [0.717, 1.165) is 9.92 Å². The fourth-order valence-corrected chi connectivity index (χ4v) is 1.16. The van der Waals surface area contributed by atoms with E-state index in [1.807, 2.05) is 24.3 Å². The Kier molecular flexibility index (Phi) is 2.70. The summed E-state index contributed by atoms with van der Waals surface area (Å²) in [7, 11) is 6.64. The van der Waals surface area contributed by atoms with E-state index < -0.39 is 0 Å². The first-order valence-electron chi connectivity index (χ1n) is 2.37. The molecule has 0 aliphatic heterocycles. The maximum atomic E-state index is 5.62. The van der Waals surface area contributed by atoms with Crippen LogP contribution in [0.3, 0.4) is 0 Å². The molecule has 0 radical (unpaired) electrons. The van der Waals surface area contributed by atoms with E-state index in [1.165, 1.54) is 11.0 Å². The minimum Gasteiger partial charge on any atom is -0.0843 e. The van der Waals surface area contributed by atoms with Gasteiger partial charge >= 0.3 is 0 Å². The number of hydrogen-bond donors (Lipinski definition) is 0. The van der Waals surface area contributed by atoms with E-state index >= 15 is 0 Å². The normalized spacial score (nSPS) is 9.56. The molecule has 0 aromatic heterocycles. The van der Waals surface area contributed by atoms with E-state index in [-0.39, 0.29) is 0 Å². The van der Waals surface area contributed by atoms with E-state index in [0.29, 0.717) is 0 Å². The van der Waals surface area contributed by atoms with Gasteiger partial charge in [-0.15, -0.1) is 0 Å². The molecule has 0 saturated heterocycles. The monoisotopic (exact) mass is 178 g/mol. The minimum absolute atomic E-state index is 0.740. The largest absolute Gasteiger partial charge is 0.0843 e. The van der Waals surface area contributed by atoms with E-state index in [1.54, 1.807) is 0 Å². The van der Waals surface area contributed by atoms with Crippen molar-refractivity contribution in [3.05, 3.63) is 29.3 Å². The number of halogens is 2. The van der Waals surface area contributed by atoms with Crippen molar-refractivity contribution in [3.63, 3.8) is 0 Å². The Balaban J connectivity index is 2.88. The second kappa shape index (κ2) is 3.35. The molecule has 0 aliphatic carbocycles. The molecule has 0 atom stereocenters. The summed E-state index contributed by atoms with van der Waals surface area (Å²) in [5, 5.41) is 0.740. The molecular formula is C6H4Cl2S. The van der Waals surface area contributed by atoms with Gasteiger partial charge in [0.1, 0.15) is 0 Å². The summed E-state index contributed by atoms with van der Waals surface area (Å²) in [6.07, 6.45) is 0. The molecule has 0 spiro atoms. The van der Waals surface area contributed by atoms with Gasteiger partial charge in [-0.1, -0.05) is 11.6 Å².